The summed E-state index contributed by atoms with van der Waals surface area (Å²) >= 11 is 11.1. The van der Waals surface area contributed by atoms with Crippen LogP contribution < -0.4 is 10.6 Å². The second-order valence-corrected chi connectivity index (χ2v) is 4.50. The fourth-order valence-electron chi connectivity index (χ4n) is 0.840. The molecule has 0 aromatic heterocycles. The van der Waals surface area contributed by atoms with Gasteiger partial charge < -0.3 is 10.6 Å². The first-order valence-electron chi connectivity index (χ1n) is 4.93. The van der Waals surface area contributed by atoms with E-state index in [0.717, 1.165) is 0 Å². The summed E-state index contributed by atoms with van der Waals surface area (Å²) in [4.78, 5) is 11.5. The summed E-state index contributed by atoms with van der Waals surface area (Å²) < 4.78 is 0. The summed E-state index contributed by atoms with van der Waals surface area (Å²) in [6.45, 7) is 6.97. The molecule has 15 heavy (non-hydrogen) atoms. The molecule has 0 spiro atoms. The Morgan fingerprint density at radius 1 is 1.40 bits per heavy atom. The van der Waals surface area contributed by atoms with Crippen molar-refractivity contribution in [2.45, 2.75) is 26.8 Å². The summed E-state index contributed by atoms with van der Waals surface area (Å²) in [5, 5.41) is 6.27. The molecule has 88 valence electrons. The Hall–Kier alpha value is -0.250. The molecular weight excluding hydrogens is 235 g/mol. The second-order valence-electron chi connectivity index (χ2n) is 3.80. The van der Waals surface area contributed by atoms with Gasteiger partial charge in [-0.2, -0.15) is 0 Å². The van der Waals surface area contributed by atoms with Crippen LogP contribution in [0.5, 0.6) is 0 Å². The predicted molar refractivity (Wildman–Crippen MR) is 65.1 cm³/mol. The Labute approximate surface area is 101 Å². The van der Waals surface area contributed by atoms with Crippen LogP contribution in [0.1, 0.15) is 20.8 Å². The van der Waals surface area contributed by atoms with Crippen molar-refractivity contribution in [1.29, 1.82) is 0 Å². The van der Waals surface area contributed by atoms with Gasteiger partial charge in [-0.3, -0.25) is 4.79 Å². The van der Waals surface area contributed by atoms with E-state index in [9.17, 15) is 4.79 Å². The molecular formula is C10H18Cl2N2O. The summed E-state index contributed by atoms with van der Waals surface area (Å²) in [5.74, 6) is 0.426. The minimum Gasteiger partial charge on any atom is -0.354 e. The largest absolute Gasteiger partial charge is 0.354 e. The number of amides is 1. The number of halogens is 2. The van der Waals surface area contributed by atoms with Gasteiger partial charge >= 0.3 is 0 Å². The van der Waals surface area contributed by atoms with E-state index < -0.39 is 0 Å². The van der Waals surface area contributed by atoms with Gasteiger partial charge in [-0.1, -0.05) is 37.0 Å². The maximum atomic E-state index is 11.5. The molecule has 0 aliphatic rings. The summed E-state index contributed by atoms with van der Waals surface area (Å²) in [6, 6.07) is -0.269. The number of nitrogens with one attached hydrogen (secondary N) is 2. The van der Waals surface area contributed by atoms with Gasteiger partial charge in [-0.05, 0) is 12.8 Å². The van der Waals surface area contributed by atoms with Crippen molar-refractivity contribution < 1.29 is 4.79 Å². The SMILES string of the molecule is CC(C)CNC(=O)C(C)NCC(Cl)=CCl. The van der Waals surface area contributed by atoms with E-state index in [1.165, 1.54) is 5.54 Å². The van der Waals surface area contributed by atoms with Gasteiger partial charge in [0.25, 0.3) is 0 Å². The van der Waals surface area contributed by atoms with Crippen LogP contribution in [0.15, 0.2) is 10.6 Å². The molecule has 0 fully saturated rings. The lowest BCUT2D eigenvalue weighted by atomic mass is 10.2. The molecule has 0 saturated carbocycles. The van der Waals surface area contributed by atoms with Gasteiger partial charge in [0.05, 0.1) is 6.04 Å². The quantitative estimate of drug-likeness (QED) is 0.760. The van der Waals surface area contributed by atoms with Gasteiger partial charge in [-0.25, -0.2) is 0 Å². The summed E-state index contributed by atoms with van der Waals surface area (Å²) in [7, 11) is 0. The molecule has 0 rings (SSSR count). The van der Waals surface area contributed by atoms with Crippen LogP contribution >= 0.6 is 23.2 Å². The molecule has 0 aliphatic heterocycles. The zero-order chi connectivity index (χ0) is 11.8. The van der Waals surface area contributed by atoms with Crippen molar-refractivity contribution >= 4 is 29.1 Å². The average Bonchev–Trinajstić information content (AvgIpc) is 2.21. The molecule has 1 amide bonds. The summed E-state index contributed by atoms with van der Waals surface area (Å²) in [5.41, 5.74) is 1.29. The first-order valence-corrected chi connectivity index (χ1v) is 5.74. The molecule has 0 saturated heterocycles. The third-order valence-corrected chi connectivity index (χ3v) is 2.39. The minimum absolute atomic E-state index is 0.0252. The van der Waals surface area contributed by atoms with E-state index in [-0.39, 0.29) is 11.9 Å². The Balaban J connectivity index is 3.79. The highest BCUT2D eigenvalue weighted by Crippen LogP contribution is 2.01. The molecule has 0 aliphatic carbocycles. The van der Waals surface area contributed by atoms with Crippen LogP contribution in [-0.4, -0.2) is 25.0 Å². The van der Waals surface area contributed by atoms with Crippen molar-refractivity contribution in [3.63, 3.8) is 0 Å². The van der Waals surface area contributed by atoms with Crippen LogP contribution in [0.25, 0.3) is 0 Å². The van der Waals surface area contributed by atoms with E-state index in [0.29, 0.717) is 24.0 Å². The van der Waals surface area contributed by atoms with Gasteiger partial charge in [0, 0.05) is 23.7 Å². The van der Waals surface area contributed by atoms with E-state index in [1.54, 1.807) is 6.92 Å². The van der Waals surface area contributed by atoms with Crippen molar-refractivity contribution in [2.75, 3.05) is 13.1 Å². The molecule has 0 aromatic rings. The van der Waals surface area contributed by atoms with Crippen molar-refractivity contribution in [3.8, 4) is 0 Å². The minimum atomic E-state index is -0.269. The third kappa shape index (κ3) is 7.65. The highest BCUT2D eigenvalue weighted by Gasteiger charge is 2.11. The van der Waals surface area contributed by atoms with Crippen LogP contribution in [0.4, 0.5) is 0 Å². The Kier molecular flexibility index (Phi) is 7.83. The third-order valence-electron chi connectivity index (χ3n) is 1.77. The standard InChI is InChI=1S/C10H18Cl2N2O/c1-7(2)5-14-10(15)8(3)13-6-9(12)4-11/h4,7-8,13H,5-6H2,1-3H3,(H,14,15). The topological polar surface area (TPSA) is 41.1 Å². The number of hydrogen-bond donors (Lipinski definition) is 2. The monoisotopic (exact) mass is 252 g/mol. The number of rotatable bonds is 6. The van der Waals surface area contributed by atoms with Crippen LogP contribution in [0.3, 0.4) is 0 Å². The molecule has 2 N–H and O–H groups in total. The zero-order valence-electron chi connectivity index (χ0n) is 9.31. The molecule has 0 heterocycles. The van der Waals surface area contributed by atoms with E-state index in [4.69, 9.17) is 23.2 Å². The van der Waals surface area contributed by atoms with E-state index in [2.05, 4.69) is 10.6 Å². The summed E-state index contributed by atoms with van der Waals surface area (Å²) in [6.07, 6.45) is 0. The van der Waals surface area contributed by atoms with Crippen molar-refractivity contribution in [3.05, 3.63) is 10.6 Å². The Morgan fingerprint density at radius 2 is 2.00 bits per heavy atom. The van der Waals surface area contributed by atoms with Gasteiger partial charge in [0.2, 0.25) is 5.91 Å². The maximum Gasteiger partial charge on any atom is 0.236 e. The number of carbonyl (C=O) groups is 1. The van der Waals surface area contributed by atoms with E-state index in [1.807, 2.05) is 13.8 Å². The molecule has 0 radical (unpaired) electrons. The Morgan fingerprint density at radius 3 is 2.47 bits per heavy atom. The second kappa shape index (κ2) is 7.97. The van der Waals surface area contributed by atoms with Gasteiger partial charge in [0.15, 0.2) is 0 Å². The lowest BCUT2D eigenvalue weighted by Crippen LogP contribution is -2.43. The molecule has 5 heteroatoms. The predicted octanol–water partition coefficient (Wildman–Crippen LogP) is 2.06. The first kappa shape index (κ1) is 14.8. The Bertz CT molecular complexity index is 229. The molecule has 0 bridgehead atoms. The van der Waals surface area contributed by atoms with E-state index >= 15 is 0 Å². The highest BCUT2D eigenvalue weighted by molar-refractivity contribution is 6.36. The first-order chi connectivity index (χ1) is 6.97. The number of carbonyl (C=O) groups excluding carboxylic acids is 1. The van der Waals surface area contributed by atoms with Crippen LogP contribution in [0.2, 0.25) is 0 Å². The number of hydrogen-bond acceptors (Lipinski definition) is 2. The molecule has 0 aromatic carbocycles. The zero-order valence-corrected chi connectivity index (χ0v) is 10.8. The highest BCUT2D eigenvalue weighted by atomic mass is 35.5. The van der Waals surface area contributed by atoms with Gasteiger partial charge in [0.1, 0.15) is 0 Å². The lowest BCUT2D eigenvalue weighted by Gasteiger charge is -2.14. The van der Waals surface area contributed by atoms with Crippen molar-refractivity contribution in [2.24, 2.45) is 5.92 Å². The average molecular weight is 253 g/mol. The molecule has 1 unspecified atom stereocenters. The fraction of sp³-hybridized carbons (Fsp3) is 0.700. The molecule has 1 atom stereocenters. The maximum absolute atomic E-state index is 11.5. The fourth-order valence-corrected chi connectivity index (χ4v) is 0.994. The molecule has 3 nitrogen and oxygen atoms in total. The lowest BCUT2D eigenvalue weighted by molar-refractivity contribution is -0.122. The smallest absolute Gasteiger partial charge is 0.236 e. The van der Waals surface area contributed by atoms with Crippen LogP contribution in [0, 0.1) is 5.92 Å². The van der Waals surface area contributed by atoms with Gasteiger partial charge in [-0.15, -0.1) is 0 Å². The van der Waals surface area contributed by atoms with Crippen molar-refractivity contribution in [1.82, 2.24) is 10.6 Å². The van der Waals surface area contributed by atoms with Crippen LogP contribution in [-0.2, 0) is 4.79 Å². The normalized spacial score (nSPS) is 14.1.